The van der Waals surface area contributed by atoms with E-state index in [2.05, 4.69) is 12.2 Å². The van der Waals surface area contributed by atoms with Crippen LogP contribution in [0.3, 0.4) is 0 Å². The molecule has 2 heterocycles. The lowest BCUT2D eigenvalue weighted by molar-refractivity contribution is -0.123. The molecule has 0 aliphatic carbocycles. The van der Waals surface area contributed by atoms with Crippen LogP contribution in [0.25, 0.3) is 16.5 Å². The molecule has 27 heavy (non-hydrogen) atoms. The lowest BCUT2D eigenvalue weighted by Crippen LogP contribution is -2.21. The van der Waals surface area contributed by atoms with Crippen LogP contribution in [0.1, 0.15) is 51.0 Å². The van der Waals surface area contributed by atoms with Gasteiger partial charge in [0.2, 0.25) is 10.0 Å². The Morgan fingerprint density at radius 3 is 2.41 bits per heavy atom. The molecule has 7 heteroatoms. The topological polar surface area (TPSA) is 85.2 Å². The van der Waals surface area contributed by atoms with Crippen LogP contribution in [0.4, 0.5) is 0 Å². The van der Waals surface area contributed by atoms with Crippen LogP contribution >= 0.6 is 0 Å². The molecule has 0 unspecified atom stereocenters. The normalized spacial score (nSPS) is 14.6. The molecule has 0 spiro atoms. The predicted molar refractivity (Wildman–Crippen MR) is 106 cm³/mol. The lowest BCUT2D eigenvalue weighted by Gasteiger charge is -2.07. The highest BCUT2D eigenvalue weighted by atomic mass is 32.2. The molecule has 0 fully saturated rings. The Balaban J connectivity index is 1.88. The molecule has 2 aromatic rings. The van der Waals surface area contributed by atoms with Crippen molar-refractivity contribution < 1.29 is 18.0 Å². The molecule has 2 amide bonds. The third-order valence-electron chi connectivity index (χ3n) is 4.78. The number of carbonyl (C=O) groups excluding carboxylic acids is 2. The zero-order valence-corrected chi connectivity index (χ0v) is 16.2. The van der Waals surface area contributed by atoms with Gasteiger partial charge in [0.15, 0.2) is 0 Å². The summed E-state index contributed by atoms with van der Waals surface area (Å²) in [5.74, 6) is -0.931. The van der Waals surface area contributed by atoms with Gasteiger partial charge >= 0.3 is 0 Å². The first-order chi connectivity index (χ1) is 12.9. The number of fused-ring (bicyclic) bond motifs is 1. The zero-order chi connectivity index (χ0) is 19.4. The van der Waals surface area contributed by atoms with Crippen LogP contribution in [0, 0.1) is 0 Å². The molecule has 0 atom stereocenters. The SMILES string of the molecule is CCCCCCCCS(=O)(=O)n1cc(C2=CC(=O)NC2=O)c2ccccc21. The molecule has 0 radical (unpaired) electrons. The monoisotopic (exact) mass is 388 g/mol. The third-order valence-corrected chi connectivity index (χ3v) is 6.49. The van der Waals surface area contributed by atoms with E-state index in [1.807, 2.05) is 0 Å². The fourth-order valence-electron chi connectivity index (χ4n) is 3.37. The Kier molecular flexibility index (Phi) is 5.79. The van der Waals surface area contributed by atoms with Crippen LogP contribution < -0.4 is 5.32 Å². The predicted octanol–water partition coefficient (Wildman–Crippen LogP) is 3.22. The third kappa shape index (κ3) is 4.13. The number of aromatic nitrogens is 1. The fraction of sp³-hybridized carbons (Fsp3) is 0.400. The van der Waals surface area contributed by atoms with E-state index < -0.39 is 21.8 Å². The van der Waals surface area contributed by atoms with Crippen molar-refractivity contribution in [2.24, 2.45) is 0 Å². The summed E-state index contributed by atoms with van der Waals surface area (Å²) in [7, 11) is -3.55. The second-order valence-corrected chi connectivity index (χ2v) is 8.78. The maximum Gasteiger partial charge on any atom is 0.258 e. The molecular weight excluding hydrogens is 364 g/mol. The van der Waals surface area contributed by atoms with Gasteiger partial charge in [0.25, 0.3) is 11.8 Å². The average Bonchev–Trinajstić information content (AvgIpc) is 3.18. The largest absolute Gasteiger partial charge is 0.289 e. The van der Waals surface area contributed by atoms with Gasteiger partial charge in [0.05, 0.1) is 16.8 Å². The minimum absolute atomic E-state index is 0.0570. The Bertz CT molecular complexity index is 1000. The minimum Gasteiger partial charge on any atom is -0.289 e. The van der Waals surface area contributed by atoms with Crippen molar-refractivity contribution in [1.29, 1.82) is 0 Å². The first-order valence-corrected chi connectivity index (χ1v) is 11.0. The number of nitrogens with zero attached hydrogens (tertiary/aromatic N) is 1. The molecular formula is C20H24N2O4S. The van der Waals surface area contributed by atoms with E-state index in [1.54, 1.807) is 24.3 Å². The van der Waals surface area contributed by atoms with E-state index in [1.165, 1.54) is 22.7 Å². The molecule has 6 nitrogen and oxygen atoms in total. The van der Waals surface area contributed by atoms with Crippen LogP contribution in [0.15, 0.2) is 36.5 Å². The average molecular weight is 388 g/mol. The standard InChI is InChI=1S/C20H24N2O4S/c1-2-3-4-5-6-9-12-27(25,26)22-14-17(15-10-7-8-11-18(15)22)16-13-19(23)21-20(16)24/h7-8,10-11,13-14H,2-6,9,12H2,1H3,(H,21,23,24). The Morgan fingerprint density at radius 2 is 1.70 bits per heavy atom. The second kappa shape index (κ2) is 8.08. The highest BCUT2D eigenvalue weighted by molar-refractivity contribution is 7.90. The minimum atomic E-state index is -3.55. The number of amides is 2. The molecule has 0 bridgehead atoms. The van der Waals surface area contributed by atoms with Gasteiger partial charge in [-0.05, 0) is 12.5 Å². The van der Waals surface area contributed by atoms with Gasteiger partial charge in [-0.3, -0.25) is 14.9 Å². The van der Waals surface area contributed by atoms with Gasteiger partial charge in [-0.15, -0.1) is 0 Å². The molecule has 1 aromatic heterocycles. The number of hydrogen-bond donors (Lipinski definition) is 1. The summed E-state index contributed by atoms with van der Waals surface area (Å²) in [6.07, 6.45) is 8.66. The van der Waals surface area contributed by atoms with Gasteiger partial charge < -0.3 is 0 Å². The summed E-state index contributed by atoms with van der Waals surface area (Å²) in [6.45, 7) is 2.15. The number of nitrogens with one attached hydrogen (secondary N) is 1. The highest BCUT2D eigenvalue weighted by Crippen LogP contribution is 2.30. The Hall–Kier alpha value is -2.41. The summed E-state index contributed by atoms with van der Waals surface area (Å²) in [5.41, 5.74) is 1.18. The van der Waals surface area contributed by atoms with Crippen LogP contribution in [0.2, 0.25) is 0 Å². The van der Waals surface area contributed by atoms with E-state index in [0.29, 0.717) is 22.9 Å². The Morgan fingerprint density at radius 1 is 1.00 bits per heavy atom. The van der Waals surface area contributed by atoms with Gasteiger partial charge in [-0.2, -0.15) is 0 Å². The molecule has 144 valence electrons. The fourth-order valence-corrected chi connectivity index (χ4v) is 4.86. The van der Waals surface area contributed by atoms with Crippen molar-refractivity contribution in [1.82, 2.24) is 9.29 Å². The molecule has 1 aromatic carbocycles. The van der Waals surface area contributed by atoms with Gasteiger partial charge in [0, 0.05) is 23.2 Å². The van der Waals surface area contributed by atoms with E-state index in [0.717, 1.165) is 25.7 Å². The molecule has 1 N–H and O–H groups in total. The molecule has 0 saturated heterocycles. The van der Waals surface area contributed by atoms with E-state index in [-0.39, 0.29) is 11.3 Å². The first-order valence-electron chi connectivity index (χ1n) is 9.35. The number of carbonyl (C=O) groups is 2. The van der Waals surface area contributed by atoms with E-state index in [4.69, 9.17) is 0 Å². The summed E-state index contributed by atoms with van der Waals surface area (Å²) in [4.78, 5) is 23.5. The molecule has 1 aliphatic rings. The molecule has 0 saturated carbocycles. The van der Waals surface area contributed by atoms with Gasteiger partial charge in [0.1, 0.15) is 0 Å². The molecule has 3 rings (SSSR count). The number of rotatable bonds is 9. The van der Waals surface area contributed by atoms with Crippen LogP contribution in [0.5, 0.6) is 0 Å². The van der Waals surface area contributed by atoms with Crippen LogP contribution in [-0.2, 0) is 19.6 Å². The second-order valence-electron chi connectivity index (χ2n) is 6.82. The van der Waals surface area contributed by atoms with Crippen molar-refractivity contribution in [3.8, 4) is 0 Å². The molecule has 1 aliphatic heterocycles. The van der Waals surface area contributed by atoms with Gasteiger partial charge in [-0.25, -0.2) is 12.4 Å². The number of benzene rings is 1. The summed E-state index contributed by atoms with van der Waals surface area (Å²) in [5, 5.41) is 2.85. The summed E-state index contributed by atoms with van der Waals surface area (Å²) < 4.78 is 27.0. The zero-order valence-electron chi connectivity index (χ0n) is 15.4. The Labute approximate surface area is 159 Å². The van der Waals surface area contributed by atoms with E-state index >= 15 is 0 Å². The van der Waals surface area contributed by atoms with Gasteiger partial charge in [-0.1, -0.05) is 57.2 Å². The summed E-state index contributed by atoms with van der Waals surface area (Å²) in [6, 6.07) is 7.02. The lowest BCUT2D eigenvalue weighted by atomic mass is 10.1. The van der Waals surface area contributed by atoms with Crippen molar-refractivity contribution in [2.75, 3.05) is 5.75 Å². The maximum atomic E-state index is 12.9. The van der Waals surface area contributed by atoms with Crippen molar-refractivity contribution in [3.63, 3.8) is 0 Å². The van der Waals surface area contributed by atoms with Crippen molar-refractivity contribution in [2.45, 2.75) is 45.4 Å². The number of para-hydroxylation sites is 1. The number of hydrogen-bond acceptors (Lipinski definition) is 4. The quantitative estimate of drug-likeness (QED) is 0.528. The number of imide groups is 1. The van der Waals surface area contributed by atoms with Crippen molar-refractivity contribution in [3.05, 3.63) is 42.1 Å². The summed E-state index contributed by atoms with van der Waals surface area (Å²) >= 11 is 0. The maximum absolute atomic E-state index is 12.9. The smallest absolute Gasteiger partial charge is 0.258 e. The number of unbranched alkanes of at least 4 members (excludes halogenated alkanes) is 5. The first kappa shape index (κ1) is 19.4. The highest BCUT2D eigenvalue weighted by Gasteiger charge is 2.27. The van der Waals surface area contributed by atoms with E-state index in [9.17, 15) is 18.0 Å². The van der Waals surface area contributed by atoms with Crippen molar-refractivity contribution >= 4 is 38.3 Å². The van der Waals surface area contributed by atoms with Crippen LogP contribution in [-0.4, -0.2) is 30.0 Å².